The molecule has 0 saturated carbocycles. The van der Waals surface area contributed by atoms with E-state index in [0.717, 1.165) is 6.54 Å². The number of piperazine rings is 1. The highest BCUT2D eigenvalue weighted by atomic mass is 19.1. The molecular weight excluding hydrogens is 245 g/mol. The number of hydrogen-bond donors (Lipinski definition) is 2. The van der Waals surface area contributed by atoms with Gasteiger partial charge in [0.15, 0.2) is 0 Å². The van der Waals surface area contributed by atoms with Crippen LogP contribution in [0.15, 0.2) is 24.3 Å². The van der Waals surface area contributed by atoms with Gasteiger partial charge < -0.3 is 15.5 Å². The van der Waals surface area contributed by atoms with Crippen LogP contribution < -0.4 is 15.5 Å². The van der Waals surface area contributed by atoms with Crippen molar-refractivity contribution in [3.05, 3.63) is 30.1 Å². The molecule has 0 spiro atoms. The molecule has 19 heavy (non-hydrogen) atoms. The van der Waals surface area contributed by atoms with E-state index in [0.29, 0.717) is 18.7 Å². The molecule has 0 aromatic heterocycles. The SMILES string of the molecule is CNCCC1C(=O)NCC(C)N1c1ccccc1F. The second-order valence-corrected chi connectivity index (χ2v) is 4.86. The Morgan fingerprint density at radius 1 is 1.47 bits per heavy atom. The summed E-state index contributed by atoms with van der Waals surface area (Å²) >= 11 is 0. The highest BCUT2D eigenvalue weighted by Gasteiger charge is 2.34. The van der Waals surface area contributed by atoms with E-state index in [-0.39, 0.29) is 23.8 Å². The van der Waals surface area contributed by atoms with Gasteiger partial charge in [-0.2, -0.15) is 0 Å². The second kappa shape index (κ2) is 6.02. The van der Waals surface area contributed by atoms with Crippen molar-refractivity contribution in [3.63, 3.8) is 0 Å². The molecule has 2 N–H and O–H groups in total. The molecule has 1 aromatic rings. The van der Waals surface area contributed by atoms with E-state index in [1.807, 2.05) is 18.9 Å². The van der Waals surface area contributed by atoms with Crippen LogP contribution in [0.2, 0.25) is 0 Å². The molecular formula is C14H20FN3O. The summed E-state index contributed by atoms with van der Waals surface area (Å²) < 4.78 is 14.0. The number of carbonyl (C=O) groups is 1. The zero-order chi connectivity index (χ0) is 13.8. The van der Waals surface area contributed by atoms with Crippen molar-refractivity contribution in [1.29, 1.82) is 0 Å². The summed E-state index contributed by atoms with van der Waals surface area (Å²) in [5.41, 5.74) is 0.506. The fourth-order valence-corrected chi connectivity index (χ4v) is 2.52. The maximum absolute atomic E-state index is 14.0. The minimum Gasteiger partial charge on any atom is -0.353 e. The second-order valence-electron chi connectivity index (χ2n) is 4.86. The number of amides is 1. The van der Waals surface area contributed by atoms with Gasteiger partial charge >= 0.3 is 0 Å². The maximum atomic E-state index is 14.0. The third-order valence-corrected chi connectivity index (χ3v) is 3.48. The molecule has 5 heteroatoms. The number of nitrogens with one attached hydrogen (secondary N) is 2. The van der Waals surface area contributed by atoms with Gasteiger partial charge in [0.1, 0.15) is 11.9 Å². The molecule has 4 nitrogen and oxygen atoms in total. The predicted octanol–water partition coefficient (Wildman–Crippen LogP) is 1.13. The largest absolute Gasteiger partial charge is 0.353 e. The van der Waals surface area contributed by atoms with Crippen molar-refractivity contribution >= 4 is 11.6 Å². The number of rotatable bonds is 4. The summed E-state index contributed by atoms with van der Waals surface area (Å²) in [7, 11) is 1.84. The fraction of sp³-hybridized carbons (Fsp3) is 0.500. The van der Waals surface area contributed by atoms with Crippen LogP contribution in [-0.2, 0) is 4.79 Å². The summed E-state index contributed by atoms with van der Waals surface area (Å²) in [5.74, 6) is -0.310. The van der Waals surface area contributed by atoms with E-state index in [9.17, 15) is 9.18 Å². The third-order valence-electron chi connectivity index (χ3n) is 3.48. The number of carbonyl (C=O) groups excluding carboxylic acids is 1. The van der Waals surface area contributed by atoms with Crippen LogP contribution in [0.5, 0.6) is 0 Å². The molecule has 104 valence electrons. The van der Waals surface area contributed by atoms with Crippen molar-refractivity contribution in [3.8, 4) is 0 Å². The van der Waals surface area contributed by atoms with E-state index in [1.165, 1.54) is 6.07 Å². The first-order valence-corrected chi connectivity index (χ1v) is 6.60. The number of anilines is 1. The molecule has 2 unspecified atom stereocenters. The van der Waals surface area contributed by atoms with Crippen LogP contribution in [0.3, 0.4) is 0 Å². The first-order chi connectivity index (χ1) is 9.15. The van der Waals surface area contributed by atoms with Crippen molar-refractivity contribution < 1.29 is 9.18 Å². The summed E-state index contributed by atoms with van der Waals surface area (Å²) in [6, 6.07) is 6.38. The van der Waals surface area contributed by atoms with E-state index in [2.05, 4.69) is 10.6 Å². The van der Waals surface area contributed by atoms with Gasteiger partial charge in [0, 0.05) is 12.6 Å². The third kappa shape index (κ3) is 2.87. The first kappa shape index (κ1) is 13.8. The molecule has 2 atom stereocenters. The summed E-state index contributed by atoms with van der Waals surface area (Å²) in [6.07, 6.45) is 0.654. The summed E-state index contributed by atoms with van der Waals surface area (Å²) in [6.45, 7) is 3.26. The van der Waals surface area contributed by atoms with Crippen LogP contribution in [0.25, 0.3) is 0 Å². The van der Waals surface area contributed by atoms with Gasteiger partial charge in [0.05, 0.1) is 5.69 Å². The lowest BCUT2D eigenvalue weighted by atomic mass is 10.0. The van der Waals surface area contributed by atoms with Gasteiger partial charge in [0.2, 0.25) is 5.91 Å². The van der Waals surface area contributed by atoms with Gasteiger partial charge in [-0.15, -0.1) is 0 Å². The molecule has 0 bridgehead atoms. The molecule has 1 aromatic carbocycles. The predicted molar refractivity (Wildman–Crippen MR) is 73.7 cm³/mol. The van der Waals surface area contributed by atoms with Crippen LogP contribution in [0.1, 0.15) is 13.3 Å². The Bertz CT molecular complexity index is 452. The quantitative estimate of drug-likeness (QED) is 0.858. The fourth-order valence-electron chi connectivity index (χ4n) is 2.52. The highest BCUT2D eigenvalue weighted by molar-refractivity contribution is 5.87. The smallest absolute Gasteiger partial charge is 0.242 e. The number of para-hydroxylation sites is 1. The lowest BCUT2D eigenvalue weighted by Gasteiger charge is -2.41. The molecule has 1 fully saturated rings. The van der Waals surface area contributed by atoms with Gasteiger partial charge in [0.25, 0.3) is 0 Å². The Kier molecular flexibility index (Phi) is 4.37. The Balaban J connectivity index is 2.31. The number of benzene rings is 1. The Morgan fingerprint density at radius 3 is 2.89 bits per heavy atom. The Hall–Kier alpha value is -1.62. The zero-order valence-corrected chi connectivity index (χ0v) is 11.3. The van der Waals surface area contributed by atoms with Gasteiger partial charge in [-0.3, -0.25) is 4.79 Å². The van der Waals surface area contributed by atoms with E-state index < -0.39 is 0 Å². The molecule has 1 aliphatic heterocycles. The summed E-state index contributed by atoms with van der Waals surface area (Å²) in [4.78, 5) is 13.9. The lowest BCUT2D eigenvalue weighted by molar-refractivity contribution is -0.123. The summed E-state index contributed by atoms with van der Waals surface area (Å²) in [5, 5.41) is 5.92. The topological polar surface area (TPSA) is 44.4 Å². The van der Waals surface area contributed by atoms with Crippen molar-refractivity contribution in [2.45, 2.75) is 25.4 Å². The van der Waals surface area contributed by atoms with Crippen molar-refractivity contribution in [1.82, 2.24) is 10.6 Å². The van der Waals surface area contributed by atoms with E-state index in [1.54, 1.807) is 18.2 Å². The number of halogens is 1. The lowest BCUT2D eigenvalue weighted by Crippen LogP contribution is -2.60. The molecule has 1 heterocycles. The molecule has 1 amide bonds. The molecule has 0 aliphatic carbocycles. The number of hydrogen-bond acceptors (Lipinski definition) is 3. The van der Waals surface area contributed by atoms with Crippen LogP contribution in [0.4, 0.5) is 10.1 Å². The molecule has 1 aliphatic rings. The molecule has 1 saturated heterocycles. The van der Waals surface area contributed by atoms with Crippen molar-refractivity contribution in [2.24, 2.45) is 0 Å². The minimum absolute atomic E-state index is 0.0309. The van der Waals surface area contributed by atoms with Crippen LogP contribution in [-0.4, -0.2) is 38.1 Å². The average Bonchev–Trinajstić information content (AvgIpc) is 2.41. The minimum atomic E-state index is -0.326. The van der Waals surface area contributed by atoms with E-state index in [4.69, 9.17) is 0 Å². The molecule has 0 radical (unpaired) electrons. The van der Waals surface area contributed by atoms with Gasteiger partial charge in [-0.05, 0) is 39.1 Å². The highest BCUT2D eigenvalue weighted by Crippen LogP contribution is 2.26. The van der Waals surface area contributed by atoms with Crippen LogP contribution >= 0.6 is 0 Å². The standard InChI is InChI=1S/C14H20FN3O/c1-10-9-17-14(19)13(7-8-16-2)18(10)12-6-4-3-5-11(12)15/h3-6,10,13,16H,7-9H2,1-2H3,(H,17,19). The van der Waals surface area contributed by atoms with Crippen molar-refractivity contribution in [2.75, 3.05) is 25.0 Å². The number of nitrogens with zero attached hydrogens (tertiary/aromatic N) is 1. The zero-order valence-electron chi connectivity index (χ0n) is 11.3. The van der Waals surface area contributed by atoms with E-state index >= 15 is 0 Å². The molecule has 2 rings (SSSR count). The maximum Gasteiger partial charge on any atom is 0.242 e. The average molecular weight is 265 g/mol. The monoisotopic (exact) mass is 265 g/mol. The Morgan fingerprint density at radius 2 is 2.21 bits per heavy atom. The normalized spacial score (nSPS) is 23.3. The van der Waals surface area contributed by atoms with Gasteiger partial charge in [-0.25, -0.2) is 4.39 Å². The van der Waals surface area contributed by atoms with Crippen LogP contribution in [0, 0.1) is 5.82 Å². The Labute approximate surface area is 113 Å². The van der Waals surface area contributed by atoms with Gasteiger partial charge in [-0.1, -0.05) is 12.1 Å². The first-order valence-electron chi connectivity index (χ1n) is 6.60.